The van der Waals surface area contributed by atoms with Crippen molar-refractivity contribution in [2.45, 2.75) is 58.9 Å². The minimum Gasteiger partial charge on any atom is -0.356 e. The number of halogens is 1. The number of nitrogens with zero attached hydrogens (tertiary/aromatic N) is 2. The standard InChI is InChI=1S/C19H32N4O.HI/c1-4-19(11-8-12-19)15-22-18(20-3)21-13-5-6-14-23-16(2)9-7-10-17(23)24;/h7,9-10H,4-6,8,11-15H2,1-3H3,(H2,20,21,22);1H. The molecule has 1 heterocycles. The van der Waals surface area contributed by atoms with E-state index in [2.05, 4.69) is 22.5 Å². The van der Waals surface area contributed by atoms with Crippen LogP contribution in [-0.4, -0.2) is 30.7 Å². The van der Waals surface area contributed by atoms with E-state index >= 15 is 0 Å². The highest BCUT2D eigenvalue weighted by molar-refractivity contribution is 14.0. The fourth-order valence-electron chi connectivity index (χ4n) is 3.34. The van der Waals surface area contributed by atoms with E-state index in [1.807, 2.05) is 30.7 Å². The molecule has 1 saturated carbocycles. The van der Waals surface area contributed by atoms with Gasteiger partial charge in [0.05, 0.1) is 0 Å². The third-order valence-electron chi connectivity index (χ3n) is 5.39. The lowest BCUT2D eigenvalue weighted by molar-refractivity contribution is 0.131. The van der Waals surface area contributed by atoms with Gasteiger partial charge in [-0.05, 0) is 50.5 Å². The van der Waals surface area contributed by atoms with Crippen LogP contribution < -0.4 is 16.2 Å². The largest absolute Gasteiger partial charge is 0.356 e. The Labute approximate surface area is 168 Å². The molecular formula is C19H33IN4O. The van der Waals surface area contributed by atoms with Crippen LogP contribution in [0.3, 0.4) is 0 Å². The zero-order chi connectivity index (χ0) is 17.4. The molecule has 2 N–H and O–H groups in total. The molecule has 25 heavy (non-hydrogen) atoms. The highest BCUT2D eigenvalue weighted by atomic mass is 127. The molecule has 0 spiro atoms. The maximum atomic E-state index is 11.8. The molecule has 0 unspecified atom stereocenters. The van der Waals surface area contributed by atoms with Gasteiger partial charge in [0.2, 0.25) is 0 Å². The van der Waals surface area contributed by atoms with Crippen molar-refractivity contribution in [3.05, 3.63) is 34.2 Å². The molecule has 1 aliphatic carbocycles. The van der Waals surface area contributed by atoms with Gasteiger partial charge in [-0.2, -0.15) is 0 Å². The summed E-state index contributed by atoms with van der Waals surface area (Å²) in [5, 5.41) is 6.85. The number of aryl methyl sites for hydroxylation is 1. The molecule has 2 rings (SSSR count). The van der Waals surface area contributed by atoms with E-state index in [1.54, 1.807) is 6.07 Å². The molecule has 5 nitrogen and oxygen atoms in total. The van der Waals surface area contributed by atoms with Gasteiger partial charge < -0.3 is 15.2 Å². The van der Waals surface area contributed by atoms with Crippen molar-refractivity contribution in [1.82, 2.24) is 15.2 Å². The molecule has 1 aromatic rings. The van der Waals surface area contributed by atoms with Crippen LogP contribution in [0.1, 0.15) is 51.1 Å². The third kappa shape index (κ3) is 6.31. The summed E-state index contributed by atoms with van der Waals surface area (Å²) >= 11 is 0. The topological polar surface area (TPSA) is 58.4 Å². The number of unbranched alkanes of at least 4 members (excludes halogenated alkanes) is 1. The smallest absolute Gasteiger partial charge is 0.250 e. The third-order valence-corrected chi connectivity index (χ3v) is 5.39. The summed E-state index contributed by atoms with van der Waals surface area (Å²) in [6.45, 7) is 6.93. The van der Waals surface area contributed by atoms with E-state index < -0.39 is 0 Å². The van der Waals surface area contributed by atoms with E-state index in [0.29, 0.717) is 5.41 Å². The molecule has 142 valence electrons. The van der Waals surface area contributed by atoms with Gasteiger partial charge in [-0.15, -0.1) is 24.0 Å². The van der Waals surface area contributed by atoms with Crippen LogP contribution in [-0.2, 0) is 6.54 Å². The van der Waals surface area contributed by atoms with E-state index in [-0.39, 0.29) is 29.5 Å². The maximum absolute atomic E-state index is 11.8. The first-order valence-electron chi connectivity index (χ1n) is 9.21. The van der Waals surface area contributed by atoms with E-state index in [0.717, 1.165) is 44.1 Å². The second-order valence-corrected chi connectivity index (χ2v) is 6.92. The Morgan fingerprint density at radius 1 is 1.28 bits per heavy atom. The Bertz CT molecular complexity index is 602. The van der Waals surface area contributed by atoms with Gasteiger partial charge in [-0.1, -0.05) is 19.4 Å². The van der Waals surface area contributed by atoms with Crippen molar-refractivity contribution in [1.29, 1.82) is 0 Å². The Balaban J connectivity index is 0.00000312. The molecule has 0 amide bonds. The lowest BCUT2D eigenvalue weighted by Gasteiger charge is -2.41. The van der Waals surface area contributed by atoms with Gasteiger partial charge in [0, 0.05) is 38.4 Å². The summed E-state index contributed by atoms with van der Waals surface area (Å²) < 4.78 is 1.84. The minimum atomic E-state index is 0. The number of guanidine groups is 1. The van der Waals surface area contributed by atoms with E-state index in [1.165, 1.54) is 25.7 Å². The Morgan fingerprint density at radius 2 is 2.04 bits per heavy atom. The normalized spacial score (nSPS) is 15.9. The SMILES string of the molecule is CCC1(CNC(=NC)NCCCCn2c(C)cccc2=O)CCC1.I. The molecule has 6 heteroatoms. The van der Waals surface area contributed by atoms with Crippen LogP contribution in [0.2, 0.25) is 0 Å². The van der Waals surface area contributed by atoms with Crippen molar-refractivity contribution >= 4 is 29.9 Å². The number of nitrogens with one attached hydrogen (secondary N) is 2. The van der Waals surface area contributed by atoms with Crippen LogP contribution in [0.4, 0.5) is 0 Å². The highest BCUT2D eigenvalue weighted by Crippen LogP contribution is 2.42. The van der Waals surface area contributed by atoms with Crippen LogP contribution in [0.15, 0.2) is 28.0 Å². The summed E-state index contributed by atoms with van der Waals surface area (Å²) in [7, 11) is 1.82. The van der Waals surface area contributed by atoms with Crippen LogP contribution in [0, 0.1) is 12.3 Å². The molecular weight excluding hydrogens is 427 g/mol. The Morgan fingerprint density at radius 3 is 2.60 bits per heavy atom. The average molecular weight is 460 g/mol. The second-order valence-electron chi connectivity index (χ2n) is 6.92. The quantitative estimate of drug-likeness (QED) is 0.271. The fourth-order valence-corrected chi connectivity index (χ4v) is 3.34. The first kappa shape index (κ1) is 22.0. The molecule has 1 aromatic heterocycles. The van der Waals surface area contributed by atoms with Crippen molar-refractivity contribution in [3.63, 3.8) is 0 Å². The summed E-state index contributed by atoms with van der Waals surface area (Å²) in [4.78, 5) is 16.1. The first-order valence-corrected chi connectivity index (χ1v) is 9.21. The van der Waals surface area contributed by atoms with Crippen molar-refractivity contribution in [2.24, 2.45) is 10.4 Å². The zero-order valence-electron chi connectivity index (χ0n) is 15.8. The van der Waals surface area contributed by atoms with Crippen LogP contribution in [0.5, 0.6) is 0 Å². The number of aliphatic imine (C=N–C) groups is 1. The Hall–Kier alpha value is -1.05. The molecule has 0 radical (unpaired) electrons. The van der Waals surface area contributed by atoms with Crippen molar-refractivity contribution < 1.29 is 0 Å². The van der Waals surface area contributed by atoms with Gasteiger partial charge in [0.15, 0.2) is 5.96 Å². The molecule has 0 saturated heterocycles. The van der Waals surface area contributed by atoms with Crippen LogP contribution in [0.25, 0.3) is 0 Å². The molecule has 1 fully saturated rings. The van der Waals surface area contributed by atoms with Gasteiger partial charge in [0.25, 0.3) is 5.56 Å². The molecule has 0 aliphatic heterocycles. The molecule has 0 atom stereocenters. The second kappa shape index (κ2) is 10.8. The monoisotopic (exact) mass is 460 g/mol. The lowest BCUT2D eigenvalue weighted by Crippen LogP contribution is -2.46. The van der Waals surface area contributed by atoms with Gasteiger partial charge in [0.1, 0.15) is 0 Å². The fraction of sp³-hybridized carbons (Fsp3) is 0.684. The number of aromatic nitrogens is 1. The number of pyridine rings is 1. The average Bonchev–Trinajstić information content (AvgIpc) is 2.54. The Kier molecular flexibility index (Phi) is 9.53. The van der Waals surface area contributed by atoms with E-state index in [4.69, 9.17) is 0 Å². The number of rotatable bonds is 8. The summed E-state index contributed by atoms with van der Waals surface area (Å²) in [5.41, 5.74) is 1.60. The van der Waals surface area contributed by atoms with Crippen molar-refractivity contribution in [3.8, 4) is 0 Å². The van der Waals surface area contributed by atoms with Gasteiger partial charge in [-0.3, -0.25) is 9.79 Å². The van der Waals surface area contributed by atoms with Crippen molar-refractivity contribution in [2.75, 3.05) is 20.1 Å². The number of hydrogen-bond acceptors (Lipinski definition) is 2. The zero-order valence-corrected chi connectivity index (χ0v) is 18.1. The minimum absolute atomic E-state index is 0. The highest BCUT2D eigenvalue weighted by Gasteiger charge is 2.34. The lowest BCUT2D eigenvalue weighted by atomic mass is 9.67. The first-order chi connectivity index (χ1) is 11.6. The molecule has 0 aromatic carbocycles. The number of hydrogen-bond donors (Lipinski definition) is 2. The molecule has 0 bridgehead atoms. The van der Waals surface area contributed by atoms with Crippen LogP contribution >= 0.6 is 24.0 Å². The molecule has 1 aliphatic rings. The maximum Gasteiger partial charge on any atom is 0.250 e. The summed E-state index contributed by atoms with van der Waals surface area (Å²) in [6, 6.07) is 5.42. The van der Waals surface area contributed by atoms with Gasteiger partial charge >= 0.3 is 0 Å². The van der Waals surface area contributed by atoms with E-state index in [9.17, 15) is 4.79 Å². The summed E-state index contributed by atoms with van der Waals surface area (Å²) in [5.74, 6) is 0.891. The van der Waals surface area contributed by atoms with Gasteiger partial charge in [-0.25, -0.2) is 0 Å². The predicted molar refractivity (Wildman–Crippen MR) is 116 cm³/mol. The predicted octanol–water partition coefficient (Wildman–Crippen LogP) is 3.30. The summed E-state index contributed by atoms with van der Waals surface area (Å²) in [6.07, 6.45) is 7.26.